The summed E-state index contributed by atoms with van der Waals surface area (Å²) in [5.41, 5.74) is 5.17. The summed E-state index contributed by atoms with van der Waals surface area (Å²) in [4.78, 5) is 35.0. The van der Waals surface area contributed by atoms with Crippen molar-refractivity contribution in [2.24, 2.45) is 5.73 Å². The Kier molecular flexibility index (Phi) is 5.52. The number of ether oxygens (including phenoxy) is 2. The van der Waals surface area contributed by atoms with Crippen molar-refractivity contribution >= 4 is 17.9 Å². The van der Waals surface area contributed by atoms with Crippen LogP contribution in [0.2, 0.25) is 0 Å². The Labute approximate surface area is 109 Å². The van der Waals surface area contributed by atoms with E-state index in [1.165, 1.54) is 12.0 Å². The van der Waals surface area contributed by atoms with Crippen molar-refractivity contribution in [3.63, 3.8) is 0 Å². The molecule has 19 heavy (non-hydrogen) atoms. The monoisotopic (exact) mass is 275 g/mol. The Hall–Kier alpha value is -1.87. The number of nitrogens with two attached hydrogens (primary N) is 1. The molecule has 1 aliphatic heterocycles. The van der Waals surface area contributed by atoms with Gasteiger partial charge in [-0.25, -0.2) is 9.59 Å². The highest BCUT2D eigenvalue weighted by Gasteiger charge is 2.31. The van der Waals surface area contributed by atoms with Crippen LogP contribution in [-0.4, -0.2) is 73.5 Å². The van der Waals surface area contributed by atoms with Crippen LogP contribution in [-0.2, 0) is 19.1 Å². The number of primary amides is 1. The van der Waals surface area contributed by atoms with E-state index in [1.54, 1.807) is 0 Å². The standard InChI is InChI=1S/C10H17N3O6/c1-18-7(9(15)16)4-12-10(17)13-2-3-19-5-6(13)8(11)14/h6-7H,2-5H2,1H3,(H2,11,14)(H,12,17)(H,15,16). The van der Waals surface area contributed by atoms with E-state index in [0.29, 0.717) is 6.61 Å². The number of hydrogen-bond donors (Lipinski definition) is 3. The summed E-state index contributed by atoms with van der Waals surface area (Å²) in [7, 11) is 1.23. The fraction of sp³-hybridized carbons (Fsp3) is 0.700. The number of aliphatic carboxylic acids is 1. The summed E-state index contributed by atoms with van der Waals surface area (Å²) in [5, 5.41) is 11.1. The van der Waals surface area contributed by atoms with Crippen LogP contribution in [0.25, 0.3) is 0 Å². The molecule has 1 rings (SSSR count). The molecule has 0 radical (unpaired) electrons. The molecule has 0 spiro atoms. The Bertz CT molecular complexity index is 361. The molecule has 9 heteroatoms. The van der Waals surface area contributed by atoms with Crippen molar-refractivity contribution in [3.05, 3.63) is 0 Å². The first-order valence-electron chi connectivity index (χ1n) is 5.64. The SMILES string of the molecule is COC(CNC(=O)N1CCOCC1C(N)=O)C(=O)O. The van der Waals surface area contributed by atoms with Crippen molar-refractivity contribution in [1.29, 1.82) is 0 Å². The Balaban J connectivity index is 2.55. The van der Waals surface area contributed by atoms with Crippen LogP contribution >= 0.6 is 0 Å². The van der Waals surface area contributed by atoms with Gasteiger partial charge in [-0.05, 0) is 0 Å². The lowest BCUT2D eigenvalue weighted by atomic mass is 10.2. The van der Waals surface area contributed by atoms with Gasteiger partial charge in [0.05, 0.1) is 19.8 Å². The zero-order chi connectivity index (χ0) is 14.4. The van der Waals surface area contributed by atoms with E-state index in [1.807, 2.05) is 0 Å². The minimum absolute atomic E-state index is 0.0371. The number of nitrogens with zero attached hydrogens (tertiary/aromatic N) is 1. The summed E-state index contributed by atoms with van der Waals surface area (Å²) in [6.07, 6.45) is -1.14. The van der Waals surface area contributed by atoms with E-state index >= 15 is 0 Å². The van der Waals surface area contributed by atoms with Crippen molar-refractivity contribution in [2.75, 3.05) is 33.4 Å². The predicted octanol–water partition coefficient (Wildman–Crippen LogP) is -2.02. The molecule has 1 aliphatic rings. The lowest BCUT2D eigenvalue weighted by Gasteiger charge is -2.33. The summed E-state index contributed by atoms with van der Waals surface area (Å²) in [5.74, 6) is -1.85. The highest BCUT2D eigenvalue weighted by Crippen LogP contribution is 2.06. The van der Waals surface area contributed by atoms with Gasteiger partial charge in [-0.2, -0.15) is 0 Å². The quantitative estimate of drug-likeness (QED) is 0.531. The maximum Gasteiger partial charge on any atom is 0.334 e. The average Bonchev–Trinajstić information content (AvgIpc) is 2.38. The first-order chi connectivity index (χ1) is 8.97. The third-order valence-electron chi connectivity index (χ3n) is 2.72. The number of carboxylic acid groups (broad SMARTS) is 1. The number of carboxylic acids is 1. The predicted molar refractivity (Wildman–Crippen MR) is 62.3 cm³/mol. The third kappa shape index (κ3) is 4.07. The van der Waals surface area contributed by atoms with Gasteiger partial charge in [-0.3, -0.25) is 4.79 Å². The smallest absolute Gasteiger partial charge is 0.334 e. The number of rotatable bonds is 5. The number of urea groups is 1. The Morgan fingerprint density at radius 2 is 2.26 bits per heavy atom. The highest BCUT2D eigenvalue weighted by atomic mass is 16.5. The van der Waals surface area contributed by atoms with Crippen LogP contribution in [0.1, 0.15) is 0 Å². The van der Waals surface area contributed by atoms with E-state index in [4.69, 9.17) is 15.6 Å². The Morgan fingerprint density at radius 3 is 2.79 bits per heavy atom. The lowest BCUT2D eigenvalue weighted by Crippen LogP contribution is -2.58. The van der Waals surface area contributed by atoms with Gasteiger partial charge in [0.2, 0.25) is 5.91 Å². The van der Waals surface area contributed by atoms with E-state index in [9.17, 15) is 14.4 Å². The zero-order valence-corrected chi connectivity index (χ0v) is 10.5. The second-order valence-corrected chi connectivity index (χ2v) is 3.94. The van der Waals surface area contributed by atoms with E-state index in [2.05, 4.69) is 10.1 Å². The molecule has 0 bridgehead atoms. The summed E-state index contributed by atoms with van der Waals surface area (Å²) >= 11 is 0. The van der Waals surface area contributed by atoms with Gasteiger partial charge < -0.3 is 30.5 Å². The third-order valence-corrected chi connectivity index (χ3v) is 2.72. The summed E-state index contributed by atoms with van der Waals surface area (Å²) < 4.78 is 9.74. The number of nitrogens with one attached hydrogen (secondary N) is 1. The van der Waals surface area contributed by atoms with E-state index < -0.39 is 30.1 Å². The molecule has 2 unspecified atom stereocenters. The van der Waals surface area contributed by atoms with Gasteiger partial charge in [0.25, 0.3) is 0 Å². The molecular weight excluding hydrogens is 258 g/mol. The molecule has 108 valence electrons. The minimum atomic E-state index is -1.18. The van der Waals surface area contributed by atoms with Crippen molar-refractivity contribution in [3.8, 4) is 0 Å². The fourth-order valence-corrected chi connectivity index (χ4v) is 1.64. The molecule has 2 atom stereocenters. The van der Waals surface area contributed by atoms with Gasteiger partial charge in [0, 0.05) is 13.7 Å². The van der Waals surface area contributed by atoms with Crippen LogP contribution in [0.5, 0.6) is 0 Å². The maximum absolute atomic E-state index is 11.9. The molecule has 0 aliphatic carbocycles. The maximum atomic E-state index is 11.9. The first kappa shape index (κ1) is 15.2. The molecule has 0 aromatic heterocycles. The number of hydrogen-bond acceptors (Lipinski definition) is 5. The van der Waals surface area contributed by atoms with Gasteiger partial charge in [0.1, 0.15) is 6.04 Å². The molecule has 4 N–H and O–H groups in total. The van der Waals surface area contributed by atoms with Crippen molar-refractivity contribution in [2.45, 2.75) is 12.1 Å². The number of carbonyl (C=O) groups excluding carboxylic acids is 2. The van der Waals surface area contributed by atoms with Crippen molar-refractivity contribution < 1.29 is 29.0 Å². The normalized spacial score (nSPS) is 20.7. The fourth-order valence-electron chi connectivity index (χ4n) is 1.64. The second kappa shape index (κ2) is 6.90. The van der Waals surface area contributed by atoms with Crippen LogP contribution in [0.15, 0.2) is 0 Å². The molecule has 0 saturated carbocycles. The van der Waals surface area contributed by atoms with Crippen LogP contribution in [0.3, 0.4) is 0 Å². The van der Waals surface area contributed by atoms with Crippen LogP contribution < -0.4 is 11.1 Å². The van der Waals surface area contributed by atoms with Gasteiger partial charge in [-0.15, -0.1) is 0 Å². The number of carbonyl (C=O) groups is 3. The first-order valence-corrected chi connectivity index (χ1v) is 5.64. The second-order valence-electron chi connectivity index (χ2n) is 3.94. The molecule has 1 heterocycles. The van der Waals surface area contributed by atoms with Gasteiger partial charge >= 0.3 is 12.0 Å². The summed E-state index contributed by atoms with van der Waals surface area (Å²) in [6, 6.07) is -1.42. The van der Waals surface area contributed by atoms with Gasteiger partial charge in [0.15, 0.2) is 6.10 Å². The number of amides is 3. The minimum Gasteiger partial charge on any atom is -0.479 e. The molecule has 9 nitrogen and oxygen atoms in total. The van der Waals surface area contributed by atoms with Crippen molar-refractivity contribution in [1.82, 2.24) is 10.2 Å². The van der Waals surface area contributed by atoms with E-state index in [0.717, 1.165) is 0 Å². The average molecular weight is 275 g/mol. The highest BCUT2D eigenvalue weighted by molar-refractivity contribution is 5.86. The van der Waals surface area contributed by atoms with Crippen LogP contribution in [0, 0.1) is 0 Å². The molecule has 0 aromatic carbocycles. The topological polar surface area (TPSA) is 131 Å². The molecule has 1 fully saturated rings. The molecule has 3 amide bonds. The molecule has 1 saturated heterocycles. The van der Waals surface area contributed by atoms with Crippen LogP contribution in [0.4, 0.5) is 4.79 Å². The number of morpholine rings is 1. The van der Waals surface area contributed by atoms with Gasteiger partial charge in [-0.1, -0.05) is 0 Å². The largest absolute Gasteiger partial charge is 0.479 e. The molecular formula is C10H17N3O6. The number of methoxy groups -OCH3 is 1. The molecule has 0 aromatic rings. The van der Waals surface area contributed by atoms with E-state index in [-0.39, 0.29) is 19.7 Å². The zero-order valence-electron chi connectivity index (χ0n) is 10.5. The lowest BCUT2D eigenvalue weighted by molar-refractivity contribution is -0.148. The summed E-state index contributed by atoms with van der Waals surface area (Å²) in [6.45, 7) is 0.344. The Morgan fingerprint density at radius 1 is 1.58 bits per heavy atom.